The third-order valence-corrected chi connectivity index (χ3v) is 4.06. The number of amides is 3. The maximum atomic E-state index is 12.2. The molecule has 2 saturated heterocycles. The van der Waals surface area contributed by atoms with Crippen molar-refractivity contribution in [2.45, 2.75) is 18.9 Å². The third-order valence-electron chi connectivity index (χ3n) is 4.06. The van der Waals surface area contributed by atoms with Crippen LogP contribution in [0.1, 0.15) is 12.8 Å². The van der Waals surface area contributed by atoms with E-state index in [1.165, 1.54) is 0 Å². The Morgan fingerprint density at radius 1 is 1.19 bits per heavy atom. The summed E-state index contributed by atoms with van der Waals surface area (Å²) in [7, 11) is 3.41. The van der Waals surface area contributed by atoms with Gasteiger partial charge in [-0.3, -0.25) is 4.79 Å². The standard InChI is InChI=1S/C14H25N3O4/c1-15-7-8-17(14(15)19)11-13(18)16-5-3-12(4-6-16)21-10-9-20-2/h12H,3-11H2,1-2H3. The summed E-state index contributed by atoms with van der Waals surface area (Å²) in [5, 5.41) is 0. The summed E-state index contributed by atoms with van der Waals surface area (Å²) in [4.78, 5) is 29.1. The highest BCUT2D eigenvalue weighted by molar-refractivity contribution is 5.85. The van der Waals surface area contributed by atoms with Crippen molar-refractivity contribution in [3.05, 3.63) is 0 Å². The molecule has 21 heavy (non-hydrogen) atoms. The first-order chi connectivity index (χ1) is 10.1. The molecule has 0 saturated carbocycles. The van der Waals surface area contributed by atoms with E-state index in [4.69, 9.17) is 9.47 Å². The van der Waals surface area contributed by atoms with Crippen molar-refractivity contribution in [1.82, 2.24) is 14.7 Å². The zero-order chi connectivity index (χ0) is 15.2. The van der Waals surface area contributed by atoms with E-state index in [-0.39, 0.29) is 24.6 Å². The van der Waals surface area contributed by atoms with Crippen molar-refractivity contribution < 1.29 is 19.1 Å². The number of carbonyl (C=O) groups is 2. The number of likely N-dealkylation sites (tertiary alicyclic amines) is 1. The van der Waals surface area contributed by atoms with Gasteiger partial charge in [0.2, 0.25) is 5.91 Å². The van der Waals surface area contributed by atoms with Crippen molar-refractivity contribution in [3.63, 3.8) is 0 Å². The molecule has 7 heteroatoms. The average molecular weight is 299 g/mol. The van der Waals surface area contributed by atoms with Gasteiger partial charge in [-0.15, -0.1) is 0 Å². The first-order valence-corrected chi connectivity index (χ1v) is 7.50. The number of urea groups is 1. The largest absolute Gasteiger partial charge is 0.382 e. The van der Waals surface area contributed by atoms with Crippen LogP contribution in [0.25, 0.3) is 0 Å². The molecule has 0 aromatic carbocycles. The van der Waals surface area contributed by atoms with Crippen molar-refractivity contribution in [3.8, 4) is 0 Å². The Labute approximate surface area is 125 Å². The second-order valence-electron chi connectivity index (χ2n) is 5.57. The molecule has 120 valence electrons. The maximum absolute atomic E-state index is 12.2. The maximum Gasteiger partial charge on any atom is 0.320 e. The molecule has 0 N–H and O–H groups in total. The van der Waals surface area contributed by atoms with Gasteiger partial charge in [0.1, 0.15) is 6.54 Å². The average Bonchev–Trinajstić information content (AvgIpc) is 2.80. The van der Waals surface area contributed by atoms with E-state index in [0.29, 0.717) is 39.4 Å². The van der Waals surface area contributed by atoms with Gasteiger partial charge in [0.25, 0.3) is 0 Å². The van der Waals surface area contributed by atoms with E-state index in [0.717, 1.165) is 12.8 Å². The van der Waals surface area contributed by atoms with E-state index in [9.17, 15) is 9.59 Å². The summed E-state index contributed by atoms with van der Waals surface area (Å²) in [6.07, 6.45) is 1.91. The molecule has 2 fully saturated rings. The number of ether oxygens (including phenoxy) is 2. The fraction of sp³-hybridized carbons (Fsp3) is 0.857. The van der Waals surface area contributed by atoms with Crippen molar-refractivity contribution >= 4 is 11.9 Å². The minimum Gasteiger partial charge on any atom is -0.382 e. The minimum atomic E-state index is -0.0545. The number of carbonyl (C=O) groups excluding carboxylic acids is 2. The molecule has 0 radical (unpaired) electrons. The van der Waals surface area contributed by atoms with E-state index in [1.807, 2.05) is 4.90 Å². The Morgan fingerprint density at radius 3 is 2.48 bits per heavy atom. The molecule has 2 aliphatic rings. The lowest BCUT2D eigenvalue weighted by Gasteiger charge is -2.32. The molecule has 2 heterocycles. The topological polar surface area (TPSA) is 62.3 Å². The first-order valence-electron chi connectivity index (χ1n) is 7.50. The van der Waals surface area contributed by atoms with Crippen molar-refractivity contribution in [2.24, 2.45) is 0 Å². The van der Waals surface area contributed by atoms with Crippen molar-refractivity contribution in [1.29, 1.82) is 0 Å². The van der Waals surface area contributed by atoms with Crippen LogP contribution in [0.5, 0.6) is 0 Å². The minimum absolute atomic E-state index is 0.0361. The fourth-order valence-corrected chi connectivity index (χ4v) is 2.68. The number of nitrogens with zero attached hydrogens (tertiary/aromatic N) is 3. The van der Waals surface area contributed by atoms with E-state index < -0.39 is 0 Å². The molecule has 0 bridgehead atoms. The molecule has 2 aliphatic heterocycles. The normalized spacial score (nSPS) is 20.5. The van der Waals surface area contributed by atoms with Gasteiger partial charge in [0.05, 0.1) is 19.3 Å². The van der Waals surface area contributed by atoms with Gasteiger partial charge in [0.15, 0.2) is 0 Å². The summed E-state index contributed by atoms with van der Waals surface area (Å²) >= 11 is 0. The molecule has 3 amide bonds. The van der Waals surface area contributed by atoms with E-state index in [1.54, 1.807) is 24.0 Å². The lowest BCUT2D eigenvalue weighted by Crippen LogP contribution is -2.46. The second-order valence-corrected chi connectivity index (χ2v) is 5.57. The predicted molar refractivity (Wildman–Crippen MR) is 77.0 cm³/mol. The molecule has 2 rings (SSSR count). The Morgan fingerprint density at radius 2 is 1.90 bits per heavy atom. The third kappa shape index (κ3) is 4.31. The van der Waals surface area contributed by atoms with Crippen LogP contribution < -0.4 is 0 Å². The lowest BCUT2D eigenvalue weighted by molar-refractivity contribution is -0.134. The highest BCUT2D eigenvalue weighted by atomic mass is 16.5. The van der Waals surface area contributed by atoms with Crippen LogP contribution in [0.2, 0.25) is 0 Å². The predicted octanol–water partition coefficient (Wildman–Crippen LogP) is 0.00780. The molecule has 0 atom stereocenters. The molecule has 0 aromatic rings. The number of hydrogen-bond acceptors (Lipinski definition) is 4. The monoisotopic (exact) mass is 299 g/mol. The number of rotatable bonds is 6. The van der Waals surface area contributed by atoms with Crippen LogP contribution in [-0.4, -0.2) is 92.8 Å². The van der Waals surface area contributed by atoms with Crippen LogP contribution in [0.3, 0.4) is 0 Å². The van der Waals surface area contributed by atoms with E-state index >= 15 is 0 Å². The van der Waals surface area contributed by atoms with Gasteiger partial charge >= 0.3 is 6.03 Å². The van der Waals surface area contributed by atoms with Gasteiger partial charge in [-0.2, -0.15) is 0 Å². The highest BCUT2D eigenvalue weighted by Gasteiger charge is 2.30. The van der Waals surface area contributed by atoms with Gasteiger partial charge in [0, 0.05) is 40.3 Å². The molecule has 0 aromatic heterocycles. The highest BCUT2D eigenvalue weighted by Crippen LogP contribution is 2.15. The second kappa shape index (κ2) is 7.61. The summed E-state index contributed by atoms with van der Waals surface area (Å²) in [6, 6.07) is -0.0545. The quantitative estimate of drug-likeness (QED) is 0.648. The summed E-state index contributed by atoms with van der Waals surface area (Å²) < 4.78 is 10.6. The Kier molecular flexibility index (Phi) is 5.81. The van der Waals surface area contributed by atoms with Crippen LogP contribution >= 0.6 is 0 Å². The Bertz CT molecular complexity index is 369. The molecule has 7 nitrogen and oxygen atoms in total. The number of likely N-dealkylation sites (N-methyl/N-ethyl adjacent to an activating group) is 1. The zero-order valence-electron chi connectivity index (χ0n) is 12.9. The van der Waals surface area contributed by atoms with Gasteiger partial charge in [-0.05, 0) is 12.8 Å². The summed E-state index contributed by atoms with van der Waals surface area (Å²) in [5.41, 5.74) is 0. The van der Waals surface area contributed by atoms with Crippen LogP contribution in [-0.2, 0) is 14.3 Å². The molecular weight excluding hydrogens is 274 g/mol. The Balaban J connectivity index is 1.69. The van der Waals surface area contributed by atoms with Gasteiger partial charge in [-0.25, -0.2) is 4.79 Å². The summed E-state index contributed by atoms with van der Waals surface area (Å²) in [5.74, 6) is 0.0361. The van der Waals surface area contributed by atoms with Crippen LogP contribution in [0, 0.1) is 0 Å². The zero-order valence-corrected chi connectivity index (χ0v) is 12.9. The lowest BCUT2D eigenvalue weighted by atomic mass is 10.1. The number of methoxy groups -OCH3 is 1. The van der Waals surface area contributed by atoms with Crippen molar-refractivity contribution in [2.75, 3.05) is 60.1 Å². The number of piperidine rings is 1. The van der Waals surface area contributed by atoms with Gasteiger partial charge < -0.3 is 24.2 Å². The van der Waals surface area contributed by atoms with Crippen LogP contribution in [0.15, 0.2) is 0 Å². The molecular formula is C14H25N3O4. The molecule has 0 spiro atoms. The summed E-state index contributed by atoms with van der Waals surface area (Å²) in [6.45, 7) is 4.13. The first kappa shape index (κ1) is 16.0. The SMILES string of the molecule is COCCOC1CCN(C(=O)CN2CCN(C)C2=O)CC1. The van der Waals surface area contributed by atoms with E-state index in [2.05, 4.69) is 0 Å². The van der Waals surface area contributed by atoms with Crippen LogP contribution in [0.4, 0.5) is 4.79 Å². The fourth-order valence-electron chi connectivity index (χ4n) is 2.68. The molecule has 0 unspecified atom stereocenters. The smallest absolute Gasteiger partial charge is 0.320 e. The molecule has 0 aliphatic carbocycles. The Hall–Kier alpha value is -1.34. The number of hydrogen-bond donors (Lipinski definition) is 0. The van der Waals surface area contributed by atoms with Gasteiger partial charge in [-0.1, -0.05) is 0 Å².